The van der Waals surface area contributed by atoms with Gasteiger partial charge in [-0.2, -0.15) is 0 Å². The van der Waals surface area contributed by atoms with Crippen LogP contribution in [0.4, 0.5) is 0 Å². The first kappa shape index (κ1) is 19.2. The van der Waals surface area contributed by atoms with Crippen LogP contribution in [-0.4, -0.2) is 18.2 Å². The van der Waals surface area contributed by atoms with Crippen LogP contribution < -0.4 is 5.32 Å². The lowest BCUT2D eigenvalue weighted by Gasteiger charge is -2.28. The van der Waals surface area contributed by atoms with Gasteiger partial charge in [0.25, 0.3) is 0 Å². The first-order valence-corrected chi connectivity index (χ1v) is 8.60. The van der Waals surface area contributed by atoms with Gasteiger partial charge in [-0.15, -0.1) is 0 Å². The number of hydrogen-bond donors (Lipinski definition) is 1. The zero-order valence-corrected chi connectivity index (χ0v) is 15.3. The number of amides is 1. The molecule has 1 N–H and O–H groups in total. The number of benzene rings is 2. The van der Waals surface area contributed by atoms with Crippen LogP contribution in [0.25, 0.3) is 0 Å². The molecule has 0 spiro atoms. The quantitative estimate of drug-likeness (QED) is 0.716. The van der Waals surface area contributed by atoms with E-state index in [4.69, 9.17) is 23.2 Å². The minimum atomic E-state index is -0.510. The monoisotopic (exact) mass is 375 g/mol. The van der Waals surface area contributed by atoms with E-state index in [9.17, 15) is 9.59 Å². The van der Waals surface area contributed by atoms with Crippen LogP contribution in [0.1, 0.15) is 24.0 Å². The molecule has 25 heavy (non-hydrogen) atoms. The van der Waals surface area contributed by atoms with Crippen molar-refractivity contribution in [1.29, 1.82) is 0 Å². The van der Waals surface area contributed by atoms with Crippen LogP contribution in [0.3, 0.4) is 0 Å². The summed E-state index contributed by atoms with van der Waals surface area (Å²) < 4.78 is 0. The molecule has 0 aliphatic rings. The van der Waals surface area contributed by atoms with E-state index < -0.39 is 5.92 Å². The van der Waals surface area contributed by atoms with Crippen molar-refractivity contribution in [1.82, 2.24) is 5.32 Å². The number of nitrogens with one attached hydrogen (secondary N) is 1. The summed E-state index contributed by atoms with van der Waals surface area (Å²) in [4.78, 5) is 24.0. The third kappa shape index (κ3) is 4.71. The Labute approximate surface area is 157 Å². The fourth-order valence-electron chi connectivity index (χ4n) is 2.85. The van der Waals surface area contributed by atoms with Crippen LogP contribution in [0.2, 0.25) is 10.0 Å². The van der Waals surface area contributed by atoms with Gasteiger partial charge in [-0.3, -0.25) is 9.59 Å². The Morgan fingerprint density at radius 3 is 2.20 bits per heavy atom. The highest BCUT2D eigenvalue weighted by Gasteiger charge is 2.31. The molecule has 2 unspecified atom stereocenters. The number of rotatable bonds is 7. The molecule has 0 saturated heterocycles. The number of halogens is 2. The third-order valence-electron chi connectivity index (χ3n) is 4.08. The molecular formula is C20H19Cl2NO2. The number of hydrogen-bond acceptors (Lipinski definition) is 2. The molecule has 0 aliphatic carbocycles. The lowest BCUT2D eigenvalue weighted by Crippen LogP contribution is -2.35. The maximum absolute atomic E-state index is 12.4. The molecule has 1 amide bonds. The smallest absolute Gasteiger partial charge is 0.243 e. The molecule has 2 rings (SSSR count). The zero-order valence-electron chi connectivity index (χ0n) is 13.8. The van der Waals surface area contributed by atoms with Crippen LogP contribution in [0.15, 0.2) is 61.2 Å². The van der Waals surface area contributed by atoms with E-state index in [0.29, 0.717) is 15.6 Å². The maximum Gasteiger partial charge on any atom is 0.243 e. The Balaban J connectivity index is 2.55. The predicted molar refractivity (Wildman–Crippen MR) is 102 cm³/mol. The fraction of sp³-hybridized carbons (Fsp3) is 0.200. The summed E-state index contributed by atoms with van der Waals surface area (Å²) in [5.41, 5.74) is 1.59. The van der Waals surface area contributed by atoms with Gasteiger partial charge < -0.3 is 5.32 Å². The average molecular weight is 376 g/mol. The summed E-state index contributed by atoms with van der Waals surface area (Å²) in [5.74, 6) is -1.27. The highest BCUT2D eigenvalue weighted by molar-refractivity contribution is 6.36. The second-order valence-corrected chi connectivity index (χ2v) is 6.50. The largest absolute Gasteiger partial charge is 0.352 e. The van der Waals surface area contributed by atoms with E-state index in [1.54, 1.807) is 18.2 Å². The molecular weight excluding hydrogens is 357 g/mol. The Hall–Kier alpha value is -2.10. The van der Waals surface area contributed by atoms with Crippen molar-refractivity contribution in [2.75, 3.05) is 6.54 Å². The lowest BCUT2D eigenvalue weighted by atomic mass is 9.78. The number of carbonyl (C=O) groups is 2. The van der Waals surface area contributed by atoms with E-state index in [1.807, 2.05) is 30.3 Å². The van der Waals surface area contributed by atoms with E-state index in [1.165, 1.54) is 13.0 Å². The molecule has 0 heterocycles. The molecule has 2 aromatic carbocycles. The lowest BCUT2D eigenvalue weighted by molar-refractivity contribution is -0.121. The van der Waals surface area contributed by atoms with Crippen molar-refractivity contribution in [2.24, 2.45) is 5.92 Å². The van der Waals surface area contributed by atoms with Crippen molar-refractivity contribution in [3.8, 4) is 0 Å². The zero-order chi connectivity index (χ0) is 18.4. The first-order chi connectivity index (χ1) is 12.0. The number of carbonyl (C=O) groups excluding carboxylic acids is 2. The Kier molecular flexibility index (Phi) is 6.80. The number of Topliss-reactive ketones (excluding diaryl/α,β-unsaturated/α-hetero) is 1. The minimum Gasteiger partial charge on any atom is -0.352 e. The summed E-state index contributed by atoms with van der Waals surface area (Å²) in [7, 11) is 0. The second-order valence-electron chi connectivity index (χ2n) is 5.69. The molecule has 2 atom stereocenters. The van der Waals surface area contributed by atoms with E-state index >= 15 is 0 Å². The fourth-order valence-corrected chi connectivity index (χ4v) is 3.48. The van der Waals surface area contributed by atoms with Crippen LogP contribution in [0, 0.1) is 5.92 Å². The Bertz CT molecular complexity index is 754. The normalized spacial score (nSPS) is 12.9. The SMILES string of the molecule is C=CC(=O)NCC(C(C)=O)C(c1ccccc1)c1c(Cl)cccc1Cl. The Morgan fingerprint density at radius 1 is 1.08 bits per heavy atom. The molecule has 0 aromatic heterocycles. The molecule has 0 bridgehead atoms. The van der Waals surface area contributed by atoms with Gasteiger partial charge in [-0.25, -0.2) is 0 Å². The van der Waals surface area contributed by atoms with Gasteiger partial charge in [-0.05, 0) is 36.3 Å². The first-order valence-electron chi connectivity index (χ1n) is 7.85. The molecule has 0 aliphatic heterocycles. The van der Waals surface area contributed by atoms with Gasteiger partial charge in [0, 0.05) is 28.4 Å². The van der Waals surface area contributed by atoms with Gasteiger partial charge in [-0.1, -0.05) is 66.2 Å². The van der Waals surface area contributed by atoms with Crippen LogP contribution in [-0.2, 0) is 9.59 Å². The molecule has 0 fully saturated rings. The van der Waals surface area contributed by atoms with Crippen molar-refractivity contribution < 1.29 is 9.59 Å². The van der Waals surface area contributed by atoms with Crippen molar-refractivity contribution >= 4 is 34.9 Å². The van der Waals surface area contributed by atoms with Crippen LogP contribution in [0.5, 0.6) is 0 Å². The third-order valence-corrected chi connectivity index (χ3v) is 4.73. The number of ketones is 1. The van der Waals surface area contributed by atoms with Gasteiger partial charge in [0.15, 0.2) is 0 Å². The van der Waals surface area contributed by atoms with E-state index in [-0.39, 0.29) is 24.2 Å². The summed E-state index contributed by atoms with van der Waals surface area (Å²) in [6.07, 6.45) is 1.18. The summed E-state index contributed by atoms with van der Waals surface area (Å²) in [5, 5.41) is 3.69. The topological polar surface area (TPSA) is 46.2 Å². The van der Waals surface area contributed by atoms with Gasteiger partial charge in [0.1, 0.15) is 5.78 Å². The maximum atomic E-state index is 12.4. The predicted octanol–water partition coefficient (Wildman–Crippen LogP) is 4.63. The highest BCUT2D eigenvalue weighted by Crippen LogP contribution is 2.40. The van der Waals surface area contributed by atoms with E-state index in [0.717, 1.165) is 5.56 Å². The second kappa shape index (κ2) is 8.84. The van der Waals surface area contributed by atoms with Gasteiger partial charge >= 0.3 is 0 Å². The van der Waals surface area contributed by atoms with Crippen molar-refractivity contribution in [2.45, 2.75) is 12.8 Å². The summed E-state index contributed by atoms with van der Waals surface area (Å²) >= 11 is 12.8. The minimum absolute atomic E-state index is 0.0609. The van der Waals surface area contributed by atoms with Crippen molar-refractivity contribution in [3.63, 3.8) is 0 Å². The molecule has 0 radical (unpaired) electrons. The highest BCUT2D eigenvalue weighted by atomic mass is 35.5. The molecule has 2 aromatic rings. The Morgan fingerprint density at radius 2 is 1.68 bits per heavy atom. The molecule has 130 valence electrons. The van der Waals surface area contributed by atoms with Crippen molar-refractivity contribution in [3.05, 3.63) is 82.4 Å². The van der Waals surface area contributed by atoms with E-state index in [2.05, 4.69) is 11.9 Å². The molecule has 0 saturated carbocycles. The van der Waals surface area contributed by atoms with Gasteiger partial charge in [0.05, 0.1) is 0 Å². The molecule has 3 nitrogen and oxygen atoms in total. The molecule has 5 heteroatoms. The summed E-state index contributed by atoms with van der Waals surface area (Å²) in [6, 6.07) is 14.8. The summed E-state index contributed by atoms with van der Waals surface area (Å²) in [6.45, 7) is 5.11. The average Bonchev–Trinajstić information content (AvgIpc) is 2.60. The van der Waals surface area contributed by atoms with Gasteiger partial charge in [0.2, 0.25) is 5.91 Å². The van der Waals surface area contributed by atoms with Crippen LogP contribution >= 0.6 is 23.2 Å². The standard InChI is InChI=1S/C20H19Cl2NO2/c1-3-18(25)23-12-15(13(2)24)19(14-8-5-4-6-9-14)20-16(21)10-7-11-17(20)22/h3-11,15,19H,1,12H2,2H3,(H,23,25).